The first kappa shape index (κ1) is 33.7. The first-order chi connectivity index (χ1) is 22.1. The third kappa shape index (κ3) is 8.31. The third-order valence-corrected chi connectivity index (χ3v) is 7.74. The van der Waals surface area contributed by atoms with Gasteiger partial charge in [0.1, 0.15) is 12.1 Å². The highest BCUT2D eigenvalue weighted by molar-refractivity contribution is 5.96. The van der Waals surface area contributed by atoms with Crippen molar-refractivity contribution in [2.75, 3.05) is 53.0 Å². The summed E-state index contributed by atoms with van der Waals surface area (Å²) >= 11 is 0. The average Bonchev–Trinajstić information content (AvgIpc) is 3.74. The van der Waals surface area contributed by atoms with Gasteiger partial charge in [-0.1, -0.05) is 18.2 Å². The molecular weight excluding hydrogens is 602 g/mol. The molecule has 3 N–H and O–H groups in total. The minimum atomic E-state index is -1.18. The fourth-order valence-electron chi connectivity index (χ4n) is 5.36. The molecule has 16 heteroatoms. The molecule has 0 aliphatic carbocycles. The number of para-hydroxylation sites is 1. The Morgan fingerprint density at radius 1 is 1.02 bits per heavy atom. The zero-order chi connectivity index (χ0) is 33.2. The number of carboxylic acid groups (broad SMARTS) is 1. The number of aliphatic carboxylic acids is 1. The number of rotatable bonds is 12. The van der Waals surface area contributed by atoms with Crippen LogP contribution in [0.2, 0.25) is 0 Å². The monoisotopic (exact) mass is 641 g/mol. The maximum Gasteiger partial charge on any atom is 0.409 e. The van der Waals surface area contributed by atoms with E-state index in [4.69, 9.17) is 9.47 Å². The third-order valence-electron chi connectivity index (χ3n) is 7.74. The Hall–Kier alpha value is -5.15. The Labute approximate surface area is 265 Å². The summed E-state index contributed by atoms with van der Waals surface area (Å²) in [4.78, 5) is 79.9. The molecule has 2 atom stereocenters. The lowest BCUT2D eigenvalue weighted by Gasteiger charge is -2.35. The highest BCUT2D eigenvalue weighted by atomic mass is 16.6. The maximum absolute atomic E-state index is 13.4. The number of nitrogens with zero attached hydrogens (tertiary/aromatic N) is 5. The average molecular weight is 642 g/mol. The molecule has 46 heavy (non-hydrogen) atoms. The normalized spacial score (nSPS) is 16.8. The number of carbonyl (C=O) groups excluding carboxylic acids is 5. The van der Waals surface area contributed by atoms with Crippen LogP contribution >= 0.6 is 0 Å². The predicted octanol–water partition coefficient (Wildman–Crippen LogP) is 0.252. The first-order valence-electron chi connectivity index (χ1n) is 15.1. The van der Waals surface area contributed by atoms with Gasteiger partial charge in [0.05, 0.1) is 12.3 Å². The maximum atomic E-state index is 13.4. The molecule has 5 amide bonds. The molecule has 2 aliphatic heterocycles. The molecule has 2 aromatic rings. The summed E-state index contributed by atoms with van der Waals surface area (Å²) in [6.45, 7) is 2.75. The molecule has 0 spiro atoms. The summed E-state index contributed by atoms with van der Waals surface area (Å²) in [6, 6.07) is 8.31. The molecule has 1 aromatic heterocycles. The van der Waals surface area contributed by atoms with Crippen LogP contribution in [0, 0.1) is 0 Å². The lowest BCUT2D eigenvalue weighted by molar-refractivity contribution is -0.139. The Bertz CT molecular complexity index is 1420. The van der Waals surface area contributed by atoms with Crippen LogP contribution in [0.15, 0.2) is 36.4 Å². The number of carboxylic acids is 1. The van der Waals surface area contributed by atoms with E-state index >= 15 is 0 Å². The van der Waals surface area contributed by atoms with Crippen LogP contribution in [0.4, 0.5) is 4.79 Å². The summed E-state index contributed by atoms with van der Waals surface area (Å²) in [7, 11) is 1.51. The molecule has 16 nitrogen and oxygen atoms in total. The molecule has 0 bridgehead atoms. The molecule has 2 fully saturated rings. The van der Waals surface area contributed by atoms with Crippen molar-refractivity contribution in [3.05, 3.63) is 42.1 Å². The van der Waals surface area contributed by atoms with Crippen molar-refractivity contribution in [2.45, 2.75) is 44.7 Å². The van der Waals surface area contributed by atoms with Gasteiger partial charge in [-0.3, -0.25) is 24.0 Å². The van der Waals surface area contributed by atoms with Crippen LogP contribution in [0.3, 0.4) is 0 Å². The van der Waals surface area contributed by atoms with Crippen molar-refractivity contribution in [3.8, 4) is 11.6 Å². The van der Waals surface area contributed by atoms with Gasteiger partial charge in [0, 0.05) is 52.3 Å². The van der Waals surface area contributed by atoms with E-state index in [0.29, 0.717) is 25.1 Å². The molecule has 1 aromatic carbocycles. The molecule has 3 heterocycles. The van der Waals surface area contributed by atoms with E-state index in [2.05, 4.69) is 15.7 Å². The van der Waals surface area contributed by atoms with Crippen LogP contribution in [-0.4, -0.2) is 130 Å². The standard InChI is InChI=1S/C30H39N7O9/c1-3-45-30(44)35-16-14-34(15-17-35)29(43)21(11-12-26(39)40)32-27(41)22-18-25(37(33-22)20-8-5-4-6-9-20)46-19-24(38)36-13-7-10-23(36)28(42)31-2/h4-6,8-9,18,21,23H,3,7,10-17,19H2,1-2H3,(H,31,42)(H,32,41)(H,39,40)/t21-,23-/m0/s1. The zero-order valence-electron chi connectivity index (χ0n) is 25.8. The largest absolute Gasteiger partial charge is 0.481 e. The summed E-state index contributed by atoms with van der Waals surface area (Å²) in [5.74, 6) is -2.96. The molecule has 2 saturated heterocycles. The number of hydrogen-bond donors (Lipinski definition) is 3. The molecular formula is C30H39N7O9. The Balaban J connectivity index is 1.49. The number of carbonyl (C=O) groups is 6. The van der Waals surface area contributed by atoms with Crippen molar-refractivity contribution in [2.24, 2.45) is 0 Å². The van der Waals surface area contributed by atoms with E-state index in [1.807, 2.05) is 0 Å². The fourth-order valence-corrected chi connectivity index (χ4v) is 5.36. The minimum absolute atomic E-state index is 0.0730. The van der Waals surface area contributed by atoms with Crippen LogP contribution in [-0.2, 0) is 23.9 Å². The Morgan fingerprint density at radius 2 is 1.72 bits per heavy atom. The van der Waals surface area contributed by atoms with Crippen molar-refractivity contribution >= 4 is 35.7 Å². The topological polar surface area (TPSA) is 193 Å². The molecule has 248 valence electrons. The second kappa shape index (κ2) is 15.7. The van der Waals surface area contributed by atoms with Gasteiger partial charge >= 0.3 is 12.1 Å². The fraction of sp³-hybridized carbons (Fsp3) is 0.500. The van der Waals surface area contributed by atoms with Gasteiger partial charge in [-0.2, -0.15) is 5.10 Å². The molecule has 4 rings (SSSR count). The number of ether oxygens (including phenoxy) is 2. The molecule has 0 saturated carbocycles. The summed E-state index contributed by atoms with van der Waals surface area (Å²) in [5, 5.41) is 18.8. The first-order valence-corrected chi connectivity index (χ1v) is 15.1. The lowest BCUT2D eigenvalue weighted by Crippen LogP contribution is -2.56. The van der Waals surface area contributed by atoms with Gasteiger partial charge in [0.15, 0.2) is 12.3 Å². The Kier molecular flexibility index (Phi) is 11.5. The minimum Gasteiger partial charge on any atom is -0.481 e. The SMILES string of the molecule is CCOC(=O)N1CCN(C(=O)[C@H](CCC(=O)O)NC(=O)c2cc(OCC(=O)N3CCC[C@H]3C(=O)NC)n(-c3ccccc3)n2)CC1. The zero-order valence-corrected chi connectivity index (χ0v) is 25.8. The van der Waals surface area contributed by atoms with Gasteiger partial charge < -0.3 is 39.9 Å². The predicted molar refractivity (Wildman–Crippen MR) is 161 cm³/mol. The number of hydrogen-bond acceptors (Lipinski definition) is 9. The van der Waals surface area contributed by atoms with Gasteiger partial charge in [0.25, 0.3) is 11.8 Å². The summed E-state index contributed by atoms with van der Waals surface area (Å²) in [5.41, 5.74) is 0.405. The smallest absolute Gasteiger partial charge is 0.409 e. The van der Waals surface area contributed by atoms with Gasteiger partial charge in [-0.15, -0.1) is 0 Å². The van der Waals surface area contributed by atoms with Crippen molar-refractivity contribution < 1.29 is 43.3 Å². The number of amides is 5. The van der Waals surface area contributed by atoms with Gasteiger partial charge in [-0.25, -0.2) is 9.48 Å². The molecule has 0 radical (unpaired) electrons. The van der Waals surface area contributed by atoms with E-state index in [0.717, 1.165) is 0 Å². The van der Waals surface area contributed by atoms with Crippen LogP contribution in [0.1, 0.15) is 43.1 Å². The highest BCUT2D eigenvalue weighted by Gasteiger charge is 2.34. The van der Waals surface area contributed by atoms with E-state index in [1.165, 1.54) is 32.5 Å². The number of nitrogens with one attached hydrogen (secondary N) is 2. The van der Waals surface area contributed by atoms with E-state index in [1.54, 1.807) is 37.3 Å². The van der Waals surface area contributed by atoms with Crippen molar-refractivity contribution in [3.63, 3.8) is 0 Å². The highest BCUT2D eigenvalue weighted by Crippen LogP contribution is 2.22. The second-order valence-corrected chi connectivity index (χ2v) is 10.7. The summed E-state index contributed by atoms with van der Waals surface area (Å²) in [6.07, 6.45) is 0.199. The van der Waals surface area contributed by atoms with Gasteiger partial charge in [0.2, 0.25) is 17.7 Å². The quantitative estimate of drug-likeness (QED) is 0.289. The van der Waals surface area contributed by atoms with Crippen molar-refractivity contribution in [1.82, 2.24) is 35.1 Å². The number of aromatic nitrogens is 2. The number of likely N-dealkylation sites (tertiary alicyclic amines) is 1. The second-order valence-electron chi connectivity index (χ2n) is 10.7. The lowest BCUT2D eigenvalue weighted by atomic mass is 10.1. The van der Waals surface area contributed by atoms with Crippen LogP contribution in [0.25, 0.3) is 5.69 Å². The number of benzene rings is 1. The van der Waals surface area contributed by atoms with Crippen LogP contribution < -0.4 is 15.4 Å². The van der Waals surface area contributed by atoms with Gasteiger partial charge in [-0.05, 0) is 38.3 Å². The van der Waals surface area contributed by atoms with E-state index in [9.17, 15) is 33.9 Å². The van der Waals surface area contributed by atoms with E-state index < -0.39 is 48.5 Å². The Morgan fingerprint density at radius 3 is 2.37 bits per heavy atom. The number of likely N-dealkylation sites (N-methyl/N-ethyl adjacent to an activating group) is 1. The summed E-state index contributed by atoms with van der Waals surface area (Å²) < 4.78 is 12.2. The van der Waals surface area contributed by atoms with E-state index in [-0.39, 0.29) is 63.1 Å². The number of piperazine rings is 1. The van der Waals surface area contributed by atoms with Crippen LogP contribution in [0.5, 0.6) is 5.88 Å². The molecule has 0 unspecified atom stereocenters. The van der Waals surface area contributed by atoms with Crippen molar-refractivity contribution in [1.29, 1.82) is 0 Å². The molecule has 2 aliphatic rings.